The zero-order valence-corrected chi connectivity index (χ0v) is 14.9. The molecule has 0 saturated heterocycles. The SMILES string of the molecule is C[C@@H]1CCc2c(sc3nc(/C(Cl)=C/c4ccccc4)[nH]c(=O)c23)C1. The Morgan fingerprint density at radius 1 is 1.38 bits per heavy atom. The number of nitrogens with one attached hydrogen (secondary N) is 1. The number of aryl methyl sites for hydroxylation is 1. The van der Waals surface area contributed by atoms with Crippen molar-refractivity contribution >= 4 is 44.3 Å². The van der Waals surface area contributed by atoms with Gasteiger partial charge in [0.25, 0.3) is 5.56 Å². The van der Waals surface area contributed by atoms with Gasteiger partial charge in [-0.3, -0.25) is 4.79 Å². The van der Waals surface area contributed by atoms with Crippen LogP contribution in [0.15, 0.2) is 35.1 Å². The fraction of sp³-hybridized carbons (Fsp3) is 0.263. The zero-order valence-electron chi connectivity index (χ0n) is 13.3. The summed E-state index contributed by atoms with van der Waals surface area (Å²) in [6, 6.07) is 9.77. The monoisotopic (exact) mass is 356 g/mol. The van der Waals surface area contributed by atoms with E-state index < -0.39 is 0 Å². The van der Waals surface area contributed by atoms with E-state index in [4.69, 9.17) is 11.6 Å². The normalized spacial score (nSPS) is 17.9. The molecule has 5 heteroatoms. The van der Waals surface area contributed by atoms with E-state index in [9.17, 15) is 4.79 Å². The van der Waals surface area contributed by atoms with Gasteiger partial charge >= 0.3 is 0 Å². The number of benzene rings is 1. The van der Waals surface area contributed by atoms with Crippen molar-refractivity contribution in [3.8, 4) is 0 Å². The minimum absolute atomic E-state index is 0.0818. The molecule has 122 valence electrons. The van der Waals surface area contributed by atoms with Crippen molar-refractivity contribution in [2.75, 3.05) is 0 Å². The average molecular weight is 357 g/mol. The van der Waals surface area contributed by atoms with Crippen molar-refractivity contribution in [1.29, 1.82) is 0 Å². The van der Waals surface area contributed by atoms with Crippen LogP contribution in [-0.2, 0) is 12.8 Å². The van der Waals surface area contributed by atoms with E-state index in [0.29, 0.717) is 16.8 Å². The first kappa shape index (κ1) is 15.6. The van der Waals surface area contributed by atoms with Gasteiger partial charge in [-0.2, -0.15) is 0 Å². The predicted octanol–water partition coefficient (Wildman–Crippen LogP) is 4.85. The van der Waals surface area contributed by atoms with Gasteiger partial charge in [0.2, 0.25) is 0 Å². The maximum absolute atomic E-state index is 12.6. The van der Waals surface area contributed by atoms with Gasteiger partial charge in [0.15, 0.2) is 5.82 Å². The number of thiophene rings is 1. The van der Waals surface area contributed by atoms with Gasteiger partial charge in [0, 0.05) is 4.88 Å². The molecule has 1 atom stereocenters. The number of aromatic nitrogens is 2. The van der Waals surface area contributed by atoms with E-state index in [1.807, 2.05) is 36.4 Å². The smallest absolute Gasteiger partial charge is 0.260 e. The Bertz CT molecular complexity index is 988. The highest BCUT2D eigenvalue weighted by Gasteiger charge is 2.23. The largest absolute Gasteiger partial charge is 0.305 e. The molecule has 1 aliphatic rings. The third-order valence-corrected chi connectivity index (χ3v) is 5.92. The summed E-state index contributed by atoms with van der Waals surface area (Å²) in [5.41, 5.74) is 2.09. The van der Waals surface area contributed by atoms with Gasteiger partial charge in [0.1, 0.15) is 4.83 Å². The van der Waals surface area contributed by atoms with Crippen LogP contribution in [-0.4, -0.2) is 9.97 Å². The molecule has 1 aliphatic carbocycles. The Hall–Kier alpha value is -1.91. The molecule has 1 aromatic carbocycles. The number of fused-ring (bicyclic) bond motifs is 3. The molecule has 0 fully saturated rings. The Morgan fingerprint density at radius 3 is 2.96 bits per heavy atom. The fourth-order valence-corrected chi connectivity index (χ4v) is 4.82. The molecule has 0 aliphatic heterocycles. The number of hydrogen-bond donors (Lipinski definition) is 1. The summed E-state index contributed by atoms with van der Waals surface area (Å²) >= 11 is 8.03. The van der Waals surface area contributed by atoms with Gasteiger partial charge in [-0.25, -0.2) is 4.98 Å². The molecule has 0 unspecified atom stereocenters. The number of halogens is 1. The minimum atomic E-state index is -0.0818. The first-order chi connectivity index (χ1) is 11.6. The topological polar surface area (TPSA) is 45.8 Å². The van der Waals surface area contributed by atoms with Crippen molar-refractivity contribution in [3.05, 3.63) is 62.5 Å². The van der Waals surface area contributed by atoms with E-state index in [1.165, 1.54) is 10.4 Å². The third kappa shape index (κ3) is 2.80. The molecule has 0 radical (unpaired) electrons. The van der Waals surface area contributed by atoms with E-state index in [1.54, 1.807) is 11.3 Å². The lowest BCUT2D eigenvalue weighted by Crippen LogP contribution is -2.14. The summed E-state index contributed by atoms with van der Waals surface area (Å²) in [6.45, 7) is 2.26. The molecule has 2 aromatic heterocycles. The van der Waals surface area contributed by atoms with Crippen molar-refractivity contribution in [2.24, 2.45) is 5.92 Å². The van der Waals surface area contributed by atoms with Gasteiger partial charge in [-0.1, -0.05) is 48.9 Å². The second-order valence-electron chi connectivity index (χ2n) is 6.35. The molecule has 2 heterocycles. The second-order valence-corrected chi connectivity index (χ2v) is 7.84. The summed E-state index contributed by atoms with van der Waals surface area (Å²) in [5, 5.41) is 1.20. The molecular formula is C19H17ClN2OS. The van der Waals surface area contributed by atoms with Crippen LogP contribution in [0.5, 0.6) is 0 Å². The Kier molecular flexibility index (Phi) is 4.02. The predicted molar refractivity (Wildman–Crippen MR) is 102 cm³/mol. The molecule has 1 N–H and O–H groups in total. The van der Waals surface area contributed by atoms with Gasteiger partial charge in [-0.15, -0.1) is 11.3 Å². The second kappa shape index (κ2) is 6.19. The first-order valence-electron chi connectivity index (χ1n) is 8.09. The standard InChI is InChI=1S/C19H17ClN2OS/c1-11-7-8-13-15(9-11)24-19-16(13)18(23)21-17(22-19)14(20)10-12-5-3-2-4-6-12/h2-6,10-11H,7-9H2,1H3,(H,21,22,23)/b14-10-/t11-/m1/s1. The lowest BCUT2D eigenvalue weighted by atomic mass is 9.89. The number of H-pyrrole nitrogens is 1. The Labute approximate surface area is 149 Å². The van der Waals surface area contributed by atoms with Gasteiger partial charge < -0.3 is 4.98 Å². The highest BCUT2D eigenvalue weighted by molar-refractivity contribution is 7.18. The molecule has 4 rings (SSSR count). The van der Waals surface area contributed by atoms with E-state index in [-0.39, 0.29) is 5.56 Å². The van der Waals surface area contributed by atoms with Crippen LogP contribution >= 0.6 is 22.9 Å². The van der Waals surface area contributed by atoms with Crippen LogP contribution in [0.1, 0.15) is 35.2 Å². The Morgan fingerprint density at radius 2 is 2.17 bits per heavy atom. The zero-order chi connectivity index (χ0) is 16.7. The minimum Gasteiger partial charge on any atom is -0.305 e. The number of hydrogen-bond acceptors (Lipinski definition) is 3. The number of rotatable bonds is 2. The first-order valence-corrected chi connectivity index (χ1v) is 9.28. The molecule has 3 aromatic rings. The molecular weight excluding hydrogens is 340 g/mol. The van der Waals surface area contributed by atoms with E-state index in [2.05, 4.69) is 16.9 Å². The molecule has 3 nitrogen and oxygen atoms in total. The van der Waals surface area contributed by atoms with Gasteiger partial charge in [-0.05, 0) is 42.4 Å². The number of nitrogens with zero attached hydrogens (tertiary/aromatic N) is 1. The van der Waals surface area contributed by atoms with Crippen molar-refractivity contribution in [1.82, 2.24) is 9.97 Å². The molecule has 0 bridgehead atoms. The molecule has 0 saturated carbocycles. The number of aromatic amines is 1. The van der Waals surface area contributed by atoms with E-state index in [0.717, 1.165) is 35.0 Å². The lowest BCUT2D eigenvalue weighted by molar-refractivity contribution is 0.509. The van der Waals surface area contributed by atoms with Crippen molar-refractivity contribution in [2.45, 2.75) is 26.2 Å². The van der Waals surface area contributed by atoms with Crippen LogP contribution in [0.3, 0.4) is 0 Å². The summed E-state index contributed by atoms with van der Waals surface area (Å²) in [5.74, 6) is 1.11. The maximum Gasteiger partial charge on any atom is 0.260 e. The molecule has 0 spiro atoms. The summed E-state index contributed by atoms with van der Waals surface area (Å²) in [6.07, 6.45) is 4.96. The summed E-state index contributed by atoms with van der Waals surface area (Å²) in [4.78, 5) is 22.2. The van der Waals surface area contributed by atoms with Crippen molar-refractivity contribution < 1.29 is 0 Å². The summed E-state index contributed by atoms with van der Waals surface area (Å²) < 4.78 is 0. The van der Waals surface area contributed by atoms with Crippen LogP contribution in [0.2, 0.25) is 0 Å². The summed E-state index contributed by atoms with van der Waals surface area (Å²) in [7, 11) is 0. The quantitative estimate of drug-likeness (QED) is 0.713. The third-order valence-electron chi connectivity index (χ3n) is 4.48. The van der Waals surface area contributed by atoms with Crippen molar-refractivity contribution in [3.63, 3.8) is 0 Å². The maximum atomic E-state index is 12.6. The van der Waals surface area contributed by atoms with Crippen LogP contribution in [0.25, 0.3) is 21.3 Å². The molecule has 24 heavy (non-hydrogen) atoms. The van der Waals surface area contributed by atoms with Crippen LogP contribution in [0.4, 0.5) is 0 Å². The fourth-order valence-electron chi connectivity index (χ4n) is 3.23. The highest BCUT2D eigenvalue weighted by atomic mass is 35.5. The van der Waals surface area contributed by atoms with Crippen LogP contribution < -0.4 is 5.56 Å². The highest BCUT2D eigenvalue weighted by Crippen LogP contribution is 2.36. The molecule has 0 amide bonds. The van der Waals surface area contributed by atoms with E-state index >= 15 is 0 Å². The lowest BCUT2D eigenvalue weighted by Gasteiger charge is -2.17. The van der Waals surface area contributed by atoms with Gasteiger partial charge in [0.05, 0.1) is 10.4 Å². The van der Waals surface area contributed by atoms with Crippen LogP contribution in [0, 0.1) is 5.92 Å². The Balaban J connectivity index is 1.81. The average Bonchev–Trinajstić information content (AvgIpc) is 2.93.